The van der Waals surface area contributed by atoms with Crippen molar-refractivity contribution in [1.29, 1.82) is 0 Å². The molecule has 2 heterocycles. The second-order valence-corrected chi connectivity index (χ2v) is 7.18. The fourth-order valence-electron chi connectivity index (χ4n) is 2.90. The lowest BCUT2D eigenvalue weighted by Gasteiger charge is -2.08. The molecular formula is C20H23N3O4S. The summed E-state index contributed by atoms with van der Waals surface area (Å²) in [5, 5.41) is 7.04. The number of thiazole rings is 1. The highest BCUT2D eigenvalue weighted by molar-refractivity contribution is 7.13. The van der Waals surface area contributed by atoms with Gasteiger partial charge in [0.15, 0.2) is 11.5 Å². The van der Waals surface area contributed by atoms with Crippen LogP contribution in [-0.2, 0) is 29.6 Å². The van der Waals surface area contributed by atoms with Gasteiger partial charge in [-0.3, -0.25) is 9.48 Å². The van der Waals surface area contributed by atoms with Crippen LogP contribution in [0.2, 0.25) is 0 Å². The number of aromatic nitrogens is 3. The zero-order chi connectivity index (χ0) is 20.3. The Labute approximate surface area is 167 Å². The lowest BCUT2D eigenvalue weighted by Crippen LogP contribution is -2.09. The summed E-state index contributed by atoms with van der Waals surface area (Å²) in [5.41, 5.74) is 4.36. The summed E-state index contributed by atoms with van der Waals surface area (Å²) in [7, 11) is 5.06. The van der Waals surface area contributed by atoms with Crippen molar-refractivity contribution >= 4 is 17.3 Å². The molecule has 1 aromatic carbocycles. The molecule has 3 rings (SSSR count). The van der Waals surface area contributed by atoms with E-state index < -0.39 is 0 Å². The van der Waals surface area contributed by atoms with Gasteiger partial charge >= 0.3 is 5.97 Å². The van der Waals surface area contributed by atoms with Crippen molar-refractivity contribution in [2.75, 3.05) is 14.2 Å². The number of ether oxygens (including phenoxy) is 3. The maximum atomic E-state index is 12.2. The number of hydrogen-bond acceptors (Lipinski definition) is 7. The van der Waals surface area contributed by atoms with E-state index in [1.807, 2.05) is 44.5 Å². The molecule has 3 aromatic rings. The molecule has 0 unspecified atom stereocenters. The number of aryl methyl sites for hydroxylation is 2. The molecule has 28 heavy (non-hydrogen) atoms. The minimum atomic E-state index is -0.292. The van der Waals surface area contributed by atoms with Crippen LogP contribution < -0.4 is 9.47 Å². The summed E-state index contributed by atoms with van der Waals surface area (Å²) in [6.07, 6.45) is 0.207. The van der Waals surface area contributed by atoms with Crippen LogP contribution in [0, 0.1) is 13.8 Å². The first kappa shape index (κ1) is 19.9. The van der Waals surface area contributed by atoms with Crippen molar-refractivity contribution in [2.45, 2.75) is 26.9 Å². The topological polar surface area (TPSA) is 75.5 Å². The summed E-state index contributed by atoms with van der Waals surface area (Å²) in [6.45, 7) is 3.98. The van der Waals surface area contributed by atoms with Crippen LogP contribution in [0.4, 0.5) is 0 Å². The first-order chi connectivity index (χ1) is 13.4. The number of esters is 1. The standard InChI is InChI=1S/C20H23N3O4S/c1-12-16(13(2)23(3)22-12)9-19(24)27-10-15-11-28-20(21-15)14-6-7-17(25-4)18(8-14)26-5/h6-8,11H,9-10H2,1-5H3. The van der Waals surface area contributed by atoms with Gasteiger partial charge in [0.1, 0.15) is 11.6 Å². The van der Waals surface area contributed by atoms with E-state index in [2.05, 4.69) is 10.1 Å². The molecular weight excluding hydrogens is 378 g/mol. The van der Waals surface area contributed by atoms with Gasteiger partial charge in [-0.25, -0.2) is 4.98 Å². The molecule has 0 atom stereocenters. The Morgan fingerprint density at radius 3 is 2.57 bits per heavy atom. The summed E-state index contributed by atoms with van der Waals surface area (Å²) in [6, 6.07) is 5.64. The number of carbonyl (C=O) groups excluding carboxylic acids is 1. The van der Waals surface area contributed by atoms with E-state index in [9.17, 15) is 4.79 Å². The number of methoxy groups -OCH3 is 2. The highest BCUT2D eigenvalue weighted by Crippen LogP contribution is 2.33. The smallest absolute Gasteiger partial charge is 0.310 e. The van der Waals surface area contributed by atoms with Crippen molar-refractivity contribution in [3.8, 4) is 22.1 Å². The Balaban J connectivity index is 1.64. The van der Waals surface area contributed by atoms with Gasteiger partial charge in [0.25, 0.3) is 0 Å². The van der Waals surface area contributed by atoms with E-state index in [-0.39, 0.29) is 19.0 Å². The van der Waals surface area contributed by atoms with Gasteiger partial charge in [0.05, 0.1) is 32.0 Å². The fourth-order valence-corrected chi connectivity index (χ4v) is 3.70. The minimum Gasteiger partial charge on any atom is -0.493 e. The molecule has 8 heteroatoms. The maximum Gasteiger partial charge on any atom is 0.310 e. The number of hydrogen-bond donors (Lipinski definition) is 0. The molecule has 0 saturated carbocycles. The predicted octanol–water partition coefficient (Wildman–Crippen LogP) is 3.46. The largest absolute Gasteiger partial charge is 0.493 e. The van der Waals surface area contributed by atoms with Gasteiger partial charge in [-0.1, -0.05) is 0 Å². The predicted molar refractivity (Wildman–Crippen MR) is 107 cm³/mol. The highest BCUT2D eigenvalue weighted by Gasteiger charge is 2.15. The SMILES string of the molecule is COc1ccc(-c2nc(COC(=O)Cc3c(C)nn(C)c3C)cs2)cc1OC. The molecule has 0 aliphatic heterocycles. The Morgan fingerprint density at radius 1 is 1.18 bits per heavy atom. The van der Waals surface area contributed by atoms with Crippen molar-refractivity contribution in [3.63, 3.8) is 0 Å². The van der Waals surface area contributed by atoms with Crippen LogP contribution in [0.25, 0.3) is 10.6 Å². The minimum absolute atomic E-state index is 0.140. The number of carbonyl (C=O) groups is 1. The molecule has 0 N–H and O–H groups in total. The van der Waals surface area contributed by atoms with E-state index in [0.29, 0.717) is 17.2 Å². The molecule has 0 aliphatic rings. The van der Waals surface area contributed by atoms with Crippen molar-refractivity contribution in [3.05, 3.63) is 46.2 Å². The van der Waals surface area contributed by atoms with Crippen molar-refractivity contribution < 1.29 is 19.0 Å². The quantitative estimate of drug-likeness (QED) is 0.565. The average Bonchev–Trinajstić information content (AvgIpc) is 3.26. The molecule has 0 spiro atoms. The number of nitrogens with zero attached hydrogens (tertiary/aromatic N) is 3. The third-order valence-electron chi connectivity index (χ3n) is 4.54. The van der Waals surface area contributed by atoms with Crippen LogP contribution in [0.3, 0.4) is 0 Å². The molecule has 7 nitrogen and oxygen atoms in total. The van der Waals surface area contributed by atoms with Crippen LogP contribution in [0.1, 0.15) is 22.6 Å². The molecule has 0 amide bonds. The summed E-state index contributed by atoms with van der Waals surface area (Å²) in [4.78, 5) is 16.8. The molecule has 0 saturated heterocycles. The van der Waals surface area contributed by atoms with E-state index >= 15 is 0 Å². The van der Waals surface area contributed by atoms with Gasteiger partial charge in [-0.2, -0.15) is 5.10 Å². The lowest BCUT2D eigenvalue weighted by atomic mass is 10.1. The Kier molecular flexibility index (Phi) is 5.99. The van der Waals surface area contributed by atoms with Crippen LogP contribution in [0.5, 0.6) is 11.5 Å². The molecule has 0 radical (unpaired) electrons. The second kappa shape index (κ2) is 8.43. The third kappa shape index (κ3) is 4.17. The Morgan fingerprint density at radius 2 is 1.93 bits per heavy atom. The molecule has 0 fully saturated rings. The van der Waals surface area contributed by atoms with Gasteiger partial charge in [-0.05, 0) is 32.0 Å². The summed E-state index contributed by atoms with van der Waals surface area (Å²) >= 11 is 1.49. The molecule has 0 bridgehead atoms. The van der Waals surface area contributed by atoms with E-state index in [1.54, 1.807) is 18.9 Å². The van der Waals surface area contributed by atoms with Gasteiger partial charge in [-0.15, -0.1) is 11.3 Å². The normalized spacial score (nSPS) is 10.8. The van der Waals surface area contributed by atoms with E-state index in [4.69, 9.17) is 14.2 Å². The number of benzene rings is 1. The van der Waals surface area contributed by atoms with E-state index in [1.165, 1.54) is 11.3 Å². The van der Waals surface area contributed by atoms with Crippen LogP contribution in [0.15, 0.2) is 23.6 Å². The summed E-state index contributed by atoms with van der Waals surface area (Å²) in [5.74, 6) is 1.02. The zero-order valence-corrected chi connectivity index (χ0v) is 17.4. The van der Waals surface area contributed by atoms with Gasteiger partial charge in [0.2, 0.25) is 0 Å². The Hall–Kier alpha value is -2.87. The lowest BCUT2D eigenvalue weighted by molar-refractivity contribution is -0.144. The van der Waals surface area contributed by atoms with Crippen molar-refractivity contribution in [2.24, 2.45) is 7.05 Å². The fraction of sp³-hybridized carbons (Fsp3) is 0.350. The first-order valence-corrected chi connectivity index (χ1v) is 9.62. The summed E-state index contributed by atoms with van der Waals surface area (Å²) < 4.78 is 17.8. The van der Waals surface area contributed by atoms with Crippen molar-refractivity contribution in [1.82, 2.24) is 14.8 Å². The number of rotatable bonds is 7. The zero-order valence-electron chi connectivity index (χ0n) is 16.6. The van der Waals surface area contributed by atoms with Gasteiger partial charge < -0.3 is 14.2 Å². The Bertz CT molecular complexity index is 993. The molecule has 2 aromatic heterocycles. The average molecular weight is 401 g/mol. The third-order valence-corrected chi connectivity index (χ3v) is 5.48. The highest BCUT2D eigenvalue weighted by atomic mass is 32.1. The van der Waals surface area contributed by atoms with Crippen LogP contribution >= 0.6 is 11.3 Å². The van der Waals surface area contributed by atoms with Gasteiger partial charge in [0, 0.05) is 29.2 Å². The molecule has 148 valence electrons. The van der Waals surface area contributed by atoms with Crippen LogP contribution in [-0.4, -0.2) is 35.0 Å². The van der Waals surface area contributed by atoms with E-state index in [0.717, 1.165) is 27.5 Å². The molecule has 0 aliphatic carbocycles. The second-order valence-electron chi connectivity index (χ2n) is 6.32. The first-order valence-electron chi connectivity index (χ1n) is 8.74. The monoisotopic (exact) mass is 401 g/mol. The maximum absolute atomic E-state index is 12.2.